The molecule has 1 aliphatic heterocycles. The fraction of sp³-hybridized carbons (Fsp3) is 0.471. The van der Waals surface area contributed by atoms with E-state index >= 15 is 0 Å². The molecule has 2 N–H and O–H groups in total. The Labute approximate surface area is 147 Å². The van der Waals surface area contributed by atoms with Crippen LogP contribution >= 0.6 is 0 Å². The van der Waals surface area contributed by atoms with Crippen molar-refractivity contribution < 1.29 is 9.53 Å². The van der Waals surface area contributed by atoms with Crippen LogP contribution in [0.1, 0.15) is 18.7 Å². The first kappa shape index (κ1) is 17.1. The van der Waals surface area contributed by atoms with E-state index < -0.39 is 0 Å². The molecule has 8 nitrogen and oxygen atoms in total. The first-order chi connectivity index (χ1) is 12.2. The van der Waals surface area contributed by atoms with Gasteiger partial charge in [-0.05, 0) is 25.0 Å². The summed E-state index contributed by atoms with van der Waals surface area (Å²) in [6, 6.07) is 8.02. The normalized spacial score (nSPS) is 15.0. The number of aryl methyl sites for hydroxylation is 1. The van der Waals surface area contributed by atoms with Gasteiger partial charge in [0.2, 0.25) is 0 Å². The van der Waals surface area contributed by atoms with Crippen molar-refractivity contribution in [2.75, 3.05) is 25.1 Å². The van der Waals surface area contributed by atoms with Gasteiger partial charge in [-0.2, -0.15) is 5.10 Å². The molecule has 0 spiro atoms. The van der Waals surface area contributed by atoms with Crippen molar-refractivity contribution in [1.29, 1.82) is 0 Å². The zero-order chi connectivity index (χ0) is 17.6. The fourth-order valence-corrected chi connectivity index (χ4v) is 3.02. The number of rotatable bonds is 5. The SMILES string of the molecule is COc1ccccc1N1CCC(NC(=O)NCc2ncn(C)n2)CC1. The van der Waals surface area contributed by atoms with Gasteiger partial charge in [0.25, 0.3) is 0 Å². The summed E-state index contributed by atoms with van der Waals surface area (Å²) in [6.07, 6.45) is 3.41. The van der Waals surface area contributed by atoms with Crippen molar-refractivity contribution in [2.24, 2.45) is 7.05 Å². The summed E-state index contributed by atoms with van der Waals surface area (Å²) in [4.78, 5) is 18.4. The zero-order valence-electron chi connectivity index (χ0n) is 14.6. The molecule has 8 heteroatoms. The van der Waals surface area contributed by atoms with Gasteiger partial charge in [-0.1, -0.05) is 12.1 Å². The summed E-state index contributed by atoms with van der Waals surface area (Å²) in [5, 5.41) is 9.96. The van der Waals surface area contributed by atoms with E-state index in [9.17, 15) is 4.79 Å². The first-order valence-electron chi connectivity index (χ1n) is 8.42. The highest BCUT2D eigenvalue weighted by Gasteiger charge is 2.22. The minimum Gasteiger partial charge on any atom is -0.495 e. The Morgan fingerprint density at radius 3 is 2.76 bits per heavy atom. The van der Waals surface area contributed by atoms with Crippen molar-refractivity contribution in [2.45, 2.75) is 25.4 Å². The number of ether oxygens (including phenoxy) is 1. The zero-order valence-corrected chi connectivity index (χ0v) is 14.6. The Morgan fingerprint density at radius 1 is 1.32 bits per heavy atom. The molecule has 0 unspecified atom stereocenters. The second-order valence-corrected chi connectivity index (χ2v) is 6.09. The van der Waals surface area contributed by atoms with Gasteiger partial charge < -0.3 is 20.3 Å². The van der Waals surface area contributed by atoms with Gasteiger partial charge in [0, 0.05) is 26.2 Å². The molecule has 134 valence electrons. The maximum atomic E-state index is 12.0. The monoisotopic (exact) mass is 344 g/mol. The van der Waals surface area contributed by atoms with Crippen LogP contribution in [0.4, 0.5) is 10.5 Å². The van der Waals surface area contributed by atoms with Crippen LogP contribution in [0.15, 0.2) is 30.6 Å². The number of carbonyl (C=O) groups is 1. The number of aromatic nitrogens is 3. The predicted octanol–water partition coefficient (Wildman–Crippen LogP) is 1.29. The molecule has 25 heavy (non-hydrogen) atoms. The molecular formula is C17H24N6O2. The summed E-state index contributed by atoms with van der Waals surface area (Å²) < 4.78 is 7.04. The first-order valence-corrected chi connectivity index (χ1v) is 8.42. The van der Waals surface area contributed by atoms with Gasteiger partial charge in [0.05, 0.1) is 19.3 Å². The van der Waals surface area contributed by atoms with Crippen molar-refractivity contribution in [3.63, 3.8) is 0 Å². The molecule has 0 radical (unpaired) electrons. The number of carbonyl (C=O) groups excluding carboxylic acids is 1. The number of amides is 2. The third-order valence-electron chi connectivity index (χ3n) is 4.31. The van der Waals surface area contributed by atoms with Gasteiger partial charge >= 0.3 is 6.03 Å². The van der Waals surface area contributed by atoms with E-state index in [0.29, 0.717) is 12.4 Å². The number of nitrogens with one attached hydrogen (secondary N) is 2. The number of methoxy groups -OCH3 is 1. The van der Waals surface area contributed by atoms with Crippen LogP contribution in [0.25, 0.3) is 0 Å². The van der Waals surface area contributed by atoms with E-state index in [2.05, 4.69) is 31.7 Å². The second kappa shape index (κ2) is 7.87. The van der Waals surface area contributed by atoms with Gasteiger partial charge in [0.1, 0.15) is 12.1 Å². The second-order valence-electron chi connectivity index (χ2n) is 6.09. The lowest BCUT2D eigenvalue weighted by Gasteiger charge is -2.34. The molecule has 0 atom stereocenters. The van der Waals surface area contributed by atoms with E-state index in [4.69, 9.17) is 4.74 Å². The Bertz CT molecular complexity index is 709. The van der Waals surface area contributed by atoms with Crippen LogP contribution in [0.2, 0.25) is 0 Å². The summed E-state index contributed by atoms with van der Waals surface area (Å²) >= 11 is 0. The highest BCUT2D eigenvalue weighted by atomic mass is 16.5. The maximum absolute atomic E-state index is 12.0. The molecule has 0 aliphatic carbocycles. The lowest BCUT2D eigenvalue weighted by molar-refractivity contribution is 0.233. The van der Waals surface area contributed by atoms with Gasteiger partial charge in [-0.15, -0.1) is 0 Å². The average Bonchev–Trinajstić information content (AvgIpc) is 3.06. The van der Waals surface area contributed by atoms with Gasteiger partial charge in [-0.25, -0.2) is 9.78 Å². The van der Waals surface area contributed by atoms with E-state index in [1.807, 2.05) is 18.2 Å². The molecule has 1 saturated heterocycles. The Hall–Kier alpha value is -2.77. The molecule has 2 amide bonds. The smallest absolute Gasteiger partial charge is 0.315 e. The standard InChI is InChI=1S/C17H24N6O2/c1-22-12-19-16(21-22)11-18-17(24)20-13-7-9-23(10-8-13)14-5-3-4-6-15(14)25-2/h3-6,12-13H,7-11H2,1-2H3,(H2,18,20,24). The third kappa shape index (κ3) is 4.40. The van der Waals surface area contributed by atoms with Crippen molar-refractivity contribution in [1.82, 2.24) is 25.4 Å². The van der Waals surface area contributed by atoms with Gasteiger partial charge in [-0.3, -0.25) is 4.68 Å². The quantitative estimate of drug-likeness (QED) is 0.854. The van der Waals surface area contributed by atoms with Crippen molar-refractivity contribution in [3.05, 3.63) is 36.4 Å². The molecule has 1 aromatic heterocycles. The minimum absolute atomic E-state index is 0.169. The minimum atomic E-state index is -0.178. The number of nitrogens with zero attached hydrogens (tertiary/aromatic N) is 4. The average molecular weight is 344 g/mol. The van der Waals surface area contributed by atoms with E-state index in [0.717, 1.165) is 37.4 Å². The summed E-state index contributed by atoms with van der Waals surface area (Å²) in [5.74, 6) is 1.48. The Balaban J connectivity index is 1.45. The number of anilines is 1. The number of para-hydroxylation sites is 2. The molecule has 0 bridgehead atoms. The lowest BCUT2D eigenvalue weighted by Crippen LogP contribution is -2.47. The molecule has 2 aromatic rings. The Morgan fingerprint density at radius 2 is 2.08 bits per heavy atom. The number of urea groups is 1. The van der Waals surface area contributed by atoms with Crippen LogP contribution < -0.4 is 20.3 Å². The molecule has 2 heterocycles. The van der Waals surface area contributed by atoms with E-state index in [1.165, 1.54) is 0 Å². The molecule has 3 rings (SSSR count). The molecule has 1 aromatic carbocycles. The van der Waals surface area contributed by atoms with Crippen molar-refractivity contribution >= 4 is 11.7 Å². The fourth-order valence-electron chi connectivity index (χ4n) is 3.02. The van der Waals surface area contributed by atoms with Crippen LogP contribution in [-0.2, 0) is 13.6 Å². The van der Waals surface area contributed by atoms with Crippen molar-refractivity contribution in [3.8, 4) is 5.75 Å². The lowest BCUT2D eigenvalue weighted by atomic mass is 10.0. The van der Waals surface area contributed by atoms with Gasteiger partial charge in [0.15, 0.2) is 5.82 Å². The highest BCUT2D eigenvalue weighted by Crippen LogP contribution is 2.29. The molecule has 1 aliphatic rings. The molecular weight excluding hydrogens is 320 g/mol. The predicted molar refractivity (Wildman–Crippen MR) is 94.6 cm³/mol. The summed E-state index contributed by atoms with van der Waals surface area (Å²) in [5.41, 5.74) is 1.11. The van der Waals surface area contributed by atoms with Crippen LogP contribution in [-0.4, -0.2) is 47.0 Å². The topological polar surface area (TPSA) is 84.3 Å². The largest absolute Gasteiger partial charge is 0.495 e. The third-order valence-corrected chi connectivity index (χ3v) is 4.31. The Kier molecular flexibility index (Phi) is 5.37. The number of hydrogen-bond donors (Lipinski definition) is 2. The van der Waals surface area contributed by atoms with E-state index in [1.54, 1.807) is 25.2 Å². The number of hydrogen-bond acceptors (Lipinski definition) is 5. The summed E-state index contributed by atoms with van der Waals surface area (Å²) in [7, 11) is 3.49. The molecule has 0 saturated carbocycles. The summed E-state index contributed by atoms with van der Waals surface area (Å²) in [6.45, 7) is 2.09. The van der Waals surface area contributed by atoms with E-state index in [-0.39, 0.29) is 12.1 Å². The van der Waals surface area contributed by atoms with Crippen LogP contribution in [0.3, 0.4) is 0 Å². The highest BCUT2D eigenvalue weighted by molar-refractivity contribution is 5.74. The molecule has 1 fully saturated rings. The number of piperidine rings is 1. The van der Waals surface area contributed by atoms with Crippen LogP contribution in [0.5, 0.6) is 5.75 Å². The maximum Gasteiger partial charge on any atom is 0.315 e. The number of benzene rings is 1. The van der Waals surface area contributed by atoms with Crippen LogP contribution in [0, 0.1) is 0 Å².